The van der Waals surface area contributed by atoms with Crippen LogP contribution in [-0.4, -0.2) is 55.1 Å². The molecule has 5 nitrogen and oxygen atoms in total. The summed E-state index contributed by atoms with van der Waals surface area (Å²) in [5.74, 6) is -0.0419. The second-order valence-corrected chi connectivity index (χ2v) is 7.17. The van der Waals surface area contributed by atoms with Crippen LogP contribution in [0.5, 0.6) is 0 Å². The van der Waals surface area contributed by atoms with Crippen LogP contribution in [0.25, 0.3) is 0 Å². The van der Waals surface area contributed by atoms with Crippen LogP contribution in [0.1, 0.15) is 33.6 Å². The molecule has 0 spiro atoms. The number of piperazine rings is 1. The Labute approximate surface area is 158 Å². The van der Waals surface area contributed by atoms with Crippen LogP contribution in [0.15, 0.2) is 30.3 Å². The summed E-state index contributed by atoms with van der Waals surface area (Å²) in [5.41, 5.74) is 6.62. The van der Waals surface area contributed by atoms with Crippen molar-refractivity contribution >= 4 is 24.0 Å². The molecule has 3 N–H and O–H groups in total. The highest BCUT2D eigenvalue weighted by molar-refractivity contribution is 5.86. The lowest BCUT2D eigenvalue weighted by molar-refractivity contribution is -0.126. The molecule has 6 heteroatoms. The molecule has 0 bridgehead atoms. The third-order valence-corrected chi connectivity index (χ3v) is 4.69. The minimum atomic E-state index is -0.769. The molecule has 1 fully saturated rings. The van der Waals surface area contributed by atoms with E-state index in [-0.39, 0.29) is 24.4 Å². The lowest BCUT2D eigenvalue weighted by Gasteiger charge is -2.37. The summed E-state index contributed by atoms with van der Waals surface area (Å²) in [6.07, 6.45) is 1.62. The van der Waals surface area contributed by atoms with Gasteiger partial charge in [0.05, 0.1) is 5.54 Å². The Balaban J connectivity index is 0.00000312. The zero-order valence-corrected chi connectivity index (χ0v) is 16.5. The van der Waals surface area contributed by atoms with E-state index in [1.165, 1.54) is 5.69 Å². The number of nitrogens with one attached hydrogen (secondary N) is 1. The van der Waals surface area contributed by atoms with Gasteiger partial charge in [0, 0.05) is 44.5 Å². The SMILES string of the molecule is CCCC(C)(N)C(=O)NC(C)CN1CCN(c2ccccc2)CC1.Cl. The maximum Gasteiger partial charge on any atom is 0.240 e. The number of rotatable bonds is 7. The maximum atomic E-state index is 12.3. The van der Waals surface area contributed by atoms with E-state index in [0.717, 1.165) is 39.1 Å². The predicted molar refractivity (Wildman–Crippen MR) is 107 cm³/mol. The molecule has 0 aromatic heterocycles. The average Bonchev–Trinajstić information content (AvgIpc) is 2.56. The van der Waals surface area contributed by atoms with Crippen LogP contribution in [0.2, 0.25) is 0 Å². The van der Waals surface area contributed by atoms with Crippen molar-refractivity contribution in [3.05, 3.63) is 30.3 Å². The Morgan fingerprint density at radius 1 is 1.24 bits per heavy atom. The standard InChI is InChI=1S/C19H32N4O.ClH/c1-4-10-19(3,20)18(24)21-16(2)15-22-11-13-23(14-12-22)17-8-6-5-7-9-17;/h5-9,16H,4,10-15,20H2,1-3H3,(H,21,24);1H. The molecular formula is C19H33ClN4O. The van der Waals surface area contributed by atoms with Gasteiger partial charge in [-0.25, -0.2) is 0 Å². The number of hydrogen-bond acceptors (Lipinski definition) is 4. The van der Waals surface area contributed by atoms with Gasteiger partial charge >= 0.3 is 0 Å². The van der Waals surface area contributed by atoms with Gasteiger partial charge in [0.25, 0.3) is 0 Å². The molecule has 2 unspecified atom stereocenters. The van der Waals surface area contributed by atoms with Crippen molar-refractivity contribution in [2.75, 3.05) is 37.6 Å². The average molecular weight is 369 g/mol. The van der Waals surface area contributed by atoms with Crippen LogP contribution in [0, 0.1) is 0 Å². The van der Waals surface area contributed by atoms with Crippen LogP contribution >= 0.6 is 12.4 Å². The Kier molecular flexibility index (Phi) is 8.69. The van der Waals surface area contributed by atoms with Gasteiger partial charge in [-0.1, -0.05) is 31.5 Å². The first-order valence-corrected chi connectivity index (χ1v) is 9.04. The van der Waals surface area contributed by atoms with Gasteiger partial charge in [0.15, 0.2) is 0 Å². The van der Waals surface area contributed by atoms with E-state index in [1.807, 2.05) is 19.9 Å². The van der Waals surface area contributed by atoms with E-state index in [4.69, 9.17) is 5.73 Å². The number of para-hydroxylation sites is 1. The van der Waals surface area contributed by atoms with Gasteiger partial charge in [0.2, 0.25) is 5.91 Å². The fourth-order valence-electron chi connectivity index (χ4n) is 3.28. The highest BCUT2D eigenvalue weighted by atomic mass is 35.5. The molecule has 0 radical (unpaired) electrons. The minimum Gasteiger partial charge on any atom is -0.369 e. The fraction of sp³-hybridized carbons (Fsp3) is 0.632. The molecule has 2 atom stereocenters. The molecule has 1 aromatic carbocycles. The summed E-state index contributed by atoms with van der Waals surface area (Å²) < 4.78 is 0. The Morgan fingerprint density at radius 2 is 1.84 bits per heavy atom. The van der Waals surface area contributed by atoms with E-state index in [0.29, 0.717) is 6.42 Å². The van der Waals surface area contributed by atoms with Crippen molar-refractivity contribution < 1.29 is 4.79 Å². The van der Waals surface area contributed by atoms with Gasteiger partial charge in [-0.15, -0.1) is 12.4 Å². The molecule has 1 aliphatic rings. The molecule has 1 aliphatic heterocycles. The zero-order valence-electron chi connectivity index (χ0n) is 15.7. The second-order valence-electron chi connectivity index (χ2n) is 7.17. The normalized spacial score (nSPS) is 18.8. The zero-order chi connectivity index (χ0) is 17.6. The van der Waals surface area contributed by atoms with Crippen molar-refractivity contribution in [1.82, 2.24) is 10.2 Å². The summed E-state index contributed by atoms with van der Waals surface area (Å²) in [6.45, 7) is 10.9. The topological polar surface area (TPSA) is 61.6 Å². The summed E-state index contributed by atoms with van der Waals surface area (Å²) >= 11 is 0. The first-order valence-electron chi connectivity index (χ1n) is 9.04. The number of hydrogen-bond donors (Lipinski definition) is 2. The van der Waals surface area contributed by atoms with Crippen LogP contribution in [-0.2, 0) is 4.79 Å². The Morgan fingerprint density at radius 3 is 2.40 bits per heavy atom. The monoisotopic (exact) mass is 368 g/mol. The number of nitrogens with zero attached hydrogens (tertiary/aromatic N) is 2. The molecule has 1 amide bonds. The molecule has 142 valence electrons. The molecule has 2 rings (SSSR count). The second kappa shape index (κ2) is 10.00. The third-order valence-electron chi connectivity index (χ3n) is 4.69. The van der Waals surface area contributed by atoms with Gasteiger partial charge in [-0.2, -0.15) is 0 Å². The summed E-state index contributed by atoms with van der Waals surface area (Å²) in [4.78, 5) is 17.1. The third kappa shape index (κ3) is 6.49. The first kappa shape index (κ1) is 21.7. The molecule has 1 heterocycles. The molecular weight excluding hydrogens is 336 g/mol. The van der Waals surface area contributed by atoms with E-state index in [2.05, 4.69) is 46.3 Å². The van der Waals surface area contributed by atoms with Gasteiger partial charge in [-0.05, 0) is 32.4 Å². The fourth-order valence-corrected chi connectivity index (χ4v) is 3.28. The van der Waals surface area contributed by atoms with E-state index >= 15 is 0 Å². The van der Waals surface area contributed by atoms with Gasteiger partial charge in [-0.3, -0.25) is 9.69 Å². The molecule has 1 saturated heterocycles. The van der Waals surface area contributed by atoms with E-state index in [9.17, 15) is 4.79 Å². The lowest BCUT2D eigenvalue weighted by atomic mass is 9.96. The van der Waals surface area contributed by atoms with Crippen LogP contribution < -0.4 is 16.0 Å². The van der Waals surface area contributed by atoms with Crippen molar-refractivity contribution in [2.24, 2.45) is 5.73 Å². The van der Waals surface area contributed by atoms with E-state index in [1.54, 1.807) is 0 Å². The van der Waals surface area contributed by atoms with E-state index < -0.39 is 5.54 Å². The van der Waals surface area contributed by atoms with Crippen molar-refractivity contribution in [2.45, 2.75) is 45.2 Å². The summed E-state index contributed by atoms with van der Waals surface area (Å²) in [7, 11) is 0. The minimum absolute atomic E-state index is 0. The maximum absolute atomic E-state index is 12.3. The number of amides is 1. The summed E-state index contributed by atoms with van der Waals surface area (Å²) in [5, 5.41) is 3.08. The summed E-state index contributed by atoms with van der Waals surface area (Å²) in [6, 6.07) is 10.6. The number of carbonyl (C=O) groups is 1. The quantitative estimate of drug-likeness (QED) is 0.774. The van der Waals surface area contributed by atoms with Gasteiger partial charge < -0.3 is 16.0 Å². The molecule has 1 aromatic rings. The number of nitrogens with two attached hydrogens (primary N) is 1. The predicted octanol–water partition coefficient (Wildman–Crippen LogP) is 2.25. The lowest BCUT2D eigenvalue weighted by Crippen LogP contribution is -2.56. The Bertz CT molecular complexity index is 515. The largest absolute Gasteiger partial charge is 0.369 e. The van der Waals surface area contributed by atoms with Crippen molar-refractivity contribution in [3.8, 4) is 0 Å². The first-order chi connectivity index (χ1) is 11.4. The number of halogens is 1. The highest BCUT2D eigenvalue weighted by Crippen LogP contribution is 2.15. The Hall–Kier alpha value is -1.30. The van der Waals surface area contributed by atoms with Gasteiger partial charge in [0.1, 0.15) is 0 Å². The van der Waals surface area contributed by atoms with Crippen molar-refractivity contribution in [1.29, 1.82) is 0 Å². The van der Waals surface area contributed by atoms with Crippen molar-refractivity contribution in [3.63, 3.8) is 0 Å². The molecule has 0 aliphatic carbocycles. The molecule has 25 heavy (non-hydrogen) atoms. The smallest absolute Gasteiger partial charge is 0.240 e. The number of carbonyl (C=O) groups excluding carboxylic acids is 1. The molecule has 0 saturated carbocycles. The number of benzene rings is 1. The highest BCUT2D eigenvalue weighted by Gasteiger charge is 2.28. The van der Waals surface area contributed by atoms with Crippen LogP contribution in [0.3, 0.4) is 0 Å². The van der Waals surface area contributed by atoms with Crippen LogP contribution in [0.4, 0.5) is 5.69 Å². The number of anilines is 1.